The van der Waals surface area contributed by atoms with E-state index in [1.165, 1.54) is 0 Å². The number of hydrogen-bond donors (Lipinski definition) is 0. The minimum atomic E-state index is -0.968. The van der Waals surface area contributed by atoms with Gasteiger partial charge in [0.05, 0.1) is 0 Å². The summed E-state index contributed by atoms with van der Waals surface area (Å²) >= 11 is 3.02. The van der Waals surface area contributed by atoms with Gasteiger partial charge in [-0.2, -0.15) is 0 Å². The van der Waals surface area contributed by atoms with Crippen molar-refractivity contribution in [3.63, 3.8) is 0 Å². The SMILES string of the molecule is C[Si](C)(C)[Si](I)([Si](C)(C)C)[Si](C)(C)C. The van der Waals surface area contributed by atoms with Crippen LogP contribution in [0.1, 0.15) is 0 Å². The monoisotopic (exact) mass is 374 g/mol. The molecule has 0 bridgehead atoms. The second-order valence-corrected chi connectivity index (χ2v) is 61.0. The van der Waals surface area contributed by atoms with E-state index in [-0.39, 0.29) is 0 Å². The Morgan fingerprint density at radius 1 is 0.500 bits per heavy atom. The van der Waals surface area contributed by atoms with E-state index < -0.39 is 26.9 Å². The maximum atomic E-state index is 3.02. The van der Waals surface area contributed by atoms with Crippen LogP contribution in [0.3, 0.4) is 0 Å². The van der Waals surface area contributed by atoms with Gasteiger partial charge in [0.1, 0.15) is 4.12 Å². The maximum Gasteiger partial charge on any atom is 0.103 e. The third-order valence-electron chi connectivity index (χ3n) is 3.10. The normalized spacial score (nSPS) is 15.9. The molecule has 0 fully saturated rings. The third kappa shape index (κ3) is 2.64. The van der Waals surface area contributed by atoms with Crippen molar-refractivity contribution in [3.8, 4) is 0 Å². The molecule has 0 atom stereocenters. The molecule has 0 saturated carbocycles. The van der Waals surface area contributed by atoms with Gasteiger partial charge in [0.2, 0.25) is 0 Å². The molecule has 0 N–H and O–H groups in total. The molecule has 0 nitrogen and oxygen atoms in total. The molecule has 0 spiro atoms. The first-order valence-corrected chi connectivity index (χ1v) is 24.1. The fourth-order valence-electron chi connectivity index (χ4n) is 3.38. The topological polar surface area (TPSA) is 0 Å². The van der Waals surface area contributed by atoms with Gasteiger partial charge in [0.25, 0.3) is 0 Å². The van der Waals surface area contributed by atoms with Gasteiger partial charge in [-0.15, -0.1) is 21.8 Å². The Morgan fingerprint density at radius 3 is 0.643 bits per heavy atom. The average molecular weight is 375 g/mol. The Labute approximate surface area is 107 Å². The second-order valence-electron chi connectivity index (χ2n) is 7.41. The molecule has 0 aliphatic heterocycles. The van der Waals surface area contributed by atoms with Crippen molar-refractivity contribution in [3.05, 3.63) is 0 Å². The molecule has 86 valence electrons. The molecule has 5 heteroatoms. The first-order chi connectivity index (χ1) is 5.75. The van der Waals surface area contributed by atoms with Crippen LogP contribution in [0, 0.1) is 0 Å². The first kappa shape index (κ1) is 15.6. The lowest BCUT2D eigenvalue weighted by Crippen LogP contribution is -2.78. The highest BCUT2D eigenvalue weighted by Gasteiger charge is 2.60. The Hall–Kier alpha value is 1.60. The number of halogens is 1. The van der Waals surface area contributed by atoms with Gasteiger partial charge in [0, 0.05) is 22.8 Å². The van der Waals surface area contributed by atoms with Crippen molar-refractivity contribution in [2.75, 3.05) is 0 Å². The van der Waals surface area contributed by atoms with E-state index in [0.29, 0.717) is 0 Å². The predicted molar refractivity (Wildman–Crippen MR) is 89.8 cm³/mol. The lowest BCUT2D eigenvalue weighted by atomic mass is 11.8. The largest absolute Gasteiger partial charge is 0.129 e. The highest BCUT2D eigenvalue weighted by atomic mass is 127. The van der Waals surface area contributed by atoms with E-state index >= 15 is 0 Å². The van der Waals surface area contributed by atoms with Gasteiger partial charge in [-0.3, -0.25) is 0 Å². The van der Waals surface area contributed by atoms with Gasteiger partial charge in [-0.1, -0.05) is 58.9 Å². The molecule has 0 saturated heterocycles. The molecule has 0 aliphatic rings. The van der Waals surface area contributed by atoms with Crippen LogP contribution >= 0.6 is 21.8 Å². The minimum Gasteiger partial charge on any atom is -0.129 e. The zero-order valence-corrected chi connectivity index (χ0v) is 17.5. The van der Waals surface area contributed by atoms with E-state index in [1.54, 1.807) is 0 Å². The van der Waals surface area contributed by atoms with Gasteiger partial charge >= 0.3 is 0 Å². The quantitative estimate of drug-likeness (QED) is 0.384. The lowest BCUT2D eigenvalue weighted by Gasteiger charge is -2.53. The standard InChI is InChI=1S/C9H27ISi4/c1-11(2,3)14(10,12(4,5)6)13(7,8)9/h1-9H3. The summed E-state index contributed by atoms with van der Waals surface area (Å²) < 4.78 is -0.968. The number of hydrogen-bond acceptors (Lipinski definition) is 0. The van der Waals surface area contributed by atoms with Gasteiger partial charge in [-0.05, 0) is 0 Å². The fourth-order valence-corrected chi connectivity index (χ4v) is 91.1. The average Bonchev–Trinajstić information content (AvgIpc) is 1.77. The Bertz CT molecular complexity index is 170. The van der Waals surface area contributed by atoms with Gasteiger partial charge in [0.15, 0.2) is 0 Å². The molecule has 0 heterocycles. The number of rotatable bonds is 3. The van der Waals surface area contributed by atoms with Crippen LogP contribution in [0.15, 0.2) is 0 Å². The molecular weight excluding hydrogens is 347 g/mol. The summed E-state index contributed by atoms with van der Waals surface area (Å²) in [4.78, 5) is 0. The predicted octanol–water partition coefficient (Wildman–Crippen LogP) is 4.62. The molecule has 0 unspecified atom stereocenters. The summed E-state index contributed by atoms with van der Waals surface area (Å²) in [5.74, 6) is 0. The van der Waals surface area contributed by atoms with Crippen LogP contribution in [0.5, 0.6) is 0 Å². The third-order valence-corrected chi connectivity index (χ3v) is 112. The lowest BCUT2D eigenvalue weighted by molar-refractivity contribution is 1.77. The van der Waals surface area contributed by atoms with Crippen molar-refractivity contribution in [2.24, 2.45) is 0 Å². The highest BCUT2D eigenvalue weighted by Crippen LogP contribution is 2.41. The van der Waals surface area contributed by atoms with Crippen molar-refractivity contribution >= 4 is 48.7 Å². The van der Waals surface area contributed by atoms with E-state index in [4.69, 9.17) is 0 Å². The molecule has 14 heavy (non-hydrogen) atoms. The van der Waals surface area contributed by atoms with Crippen molar-refractivity contribution in [1.29, 1.82) is 0 Å². The second kappa shape index (κ2) is 4.12. The van der Waals surface area contributed by atoms with Crippen LogP contribution in [0.4, 0.5) is 0 Å². The summed E-state index contributed by atoms with van der Waals surface area (Å²) in [5, 5.41) is 0. The molecule has 0 rings (SSSR count). The van der Waals surface area contributed by atoms with Crippen molar-refractivity contribution in [2.45, 2.75) is 58.9 Å². The molecule has 0 aromatic rings. The van der Waals surface area contributed by atoms with E-state index in [0.717, 1.165) is 0 Å². The van der Waals surface area contributed by atoms with Crippen molar-refractivity contribution < 1.29 is 0 Å². The molecule has 0 aromatic heterocycles. The van der Waals surface area contributed by atoms with E-state index in [1.807, 2.05) is 0 Å². The van der Waals surface area contributed by atoms with Crippen LogP contribution in [-0.2, 0) is 0 Å². The fraction of sp³-hybridized carbons (Fsp3) is 1.00. The van der Waals surface area contributed by atoms with E-state index in [2.05, 4.69) is 80.7 Å². The van der Waals surface area contributed by atoms with E-state index in [9.17, 15) is 0 Å². The molecule has 0 aromatic carbocycles. The first-order valence-electron chi connectivity index (χ1n) is 5.44. The van der Waals surface area contributed by atoms with Crippen molar-refractivity contribution in [1.82, 2.24) is 0 Å². The summed E-state index contributed by atoms with van der Waals surface area (Å²) in [6, 6.07) is 0. The van der Waals surface area contributed by atoms with Gasteiger partial charge < -0.3 is 0 Å². The zero-order chi connectivity index (χ0) is 12.0. The molecular formula is C9H27ISi4. The Balaban J connectivity index is 5.54. The highest BCUT2D eigenvalue weighted by molar-refractivity contribution is 14.1. The Kier molecular flexibility index (Phi) is 4.59. The van der Waals surface area contributed by atoms with Gasteiger partial charge in [-0.25, -0.2) is 0 Å². The Morgan fingerprint density at radius 2 is 0.643 bits per heavy atom. The summed E-state index contributed by atoms with van der Waals surface area (Å²) in [5.41, 5.74) is 0. The summed E-state index contributed by atoms with van der Waals surface area (Å²) in [7, 11) is -2.80. The van der Waals surface area contributed by atoms with Crippen LogP contribution < -0.4 is 0 Å². The summed E-state index contributed by atoms with van der Waals surface area (Å²) in [6.45, 7) is 23.6. The van der Waals surface area contributed by atoms with Crippen LogP contribution in [0.25, 0.3) is 0 Å². The van der Waals surface area contributed by atoms with Crippen LogP contribution in [0.2, 0.25) is 58.9 Å². The smallest absolute Gasteiger partial charge is 0.103 e. The zero-order valence-electron chi connectivity index (χ0n) is 11.4. The molecule has 0 aliphatic carbocycles. The summed E-state index contributed by atoms with van der Waals surface area (Å²) in [6.07, 6.45) is 0. The maximum absolute atomic E-state index is 3.02. The van der Waals surface area contributed by atoms with Crippen LogP contribution in [-0.4, -0.2) is 26.9 Å². The minimum absolute atomic E-state index is 0.933. The molecule has 0 amide bonds. The molecule has 0 radical (unpaired) electrons.